The molecule has 134 valence electrons. The molecule has 1 fully saturated rings. The molecule has 0 saturated carbocycles. The number of carbonyl (C=O) groups is 1. The lowest BCUT2D eigenvalue weighted by molar-refractivity contribution is 0.181. The van der Waals surface area contributed by atoms with Gasteiger partial charge in [0.15, 0.2) is 0 Å². The summed E-state index contributed by atoms with van der Waals surface area (Å²) < 4.78 is 0. The van der Waals surface area contributed by atoms with E-state index in [1.54, 1.807) is 6.20 Å². The topological polar surface area (TPSA) is 60.5 Å². The number of urea groups is 1. The molecule has 0 unspecified atom stereocenters. The Morgan fingerprint density at radius 2 is 2.21 bits per heavy atom. The number of aromatic nitrogens is 1. The molecule has 2 rings (SSSR count). The summed E-state index contributed by atoms with van der Waals surface area (Å²) in [4.78, 5) is 20.6. The van der Waals surface area contributed by atoms with Gasteiger partial charge in [0.05, 0.1) is 11.9 Å². The molecule has 6 heteroatoms. The molecule has 1 aromatic heterocycles. The van der Waals surface area contributed by atoms with Crippen molar-refractivity contribution in [3.63, 3.8) is 0 Å². The van der Waals surface area contributed by atoms with E-state index in [1.165, 1.54) is 25.9 Å². The van der Waals surface area contributed by atoms with E-state index in [-0.39, 0.29) is 6.03 Å². The van der Waals surface area contributed by atoms with Gasteiger partial charge in [-0.3, -0.25) is 0 Å². The number of carbonyl (C=O) groups excluding carboxylic acids is 1. The molecule has 24 heavy (non-hydrogen) atoms. The van der Waals surface area contributed by atoms with Crippen molar-refractivity contribution in [2.45, 2.75) is 32.6 Å². The van der Waals surface area contributed by atoms with Crippen LogP contribution in [0.5, 0.6) is 0 Å². The number of likely N-dealkylation sites (tertiary alicyclic amines) is 1. The van der Waals surface area contributed by atoms with Gasteiger partial charge in [-0.1, -0.05) is 6.92 Å². The van der Waals surface area contributed by atoms with Gasteiger partial charge in [0.25, 0.3) is 0 Å². The lowest BCUT2D eigenvalue weighted by Crippen LogP contribution is -2.35. The maximum atomic E-state index is 11.9. The monoisotopic (exact) mass is 333 g/mol. The number of rotatable bonds is 7. The average Bonchev–Trinajstić information content (AvgIpc) is 2.55. The first-order chi connectivity index (χ1) is 11.5. The van der Waals surface area contributed by atoms with E-state index in [2.05, 4.69) is 27.4 Å². The Hall–Kier alpha value is -1.82. The van der Waals surface area contributed by atoms with E-state index in [1.807, 2.05) is 31.1 Å². The van der Waals surface area contributed by atoms with E-state index in [0.29, 0.717) is 12.2 Å². The van der Waals surface area contributed by atoms with Crippen LogP contribution in [0.25, 0.3) is 0 Å². The molecule has 0 bridgehead atoms. The zero-order valence-electron chi connectivity index (χ0n) is 15.2. The summed E-state index contributed by atoms with van der Waals surface area (Å²) >= 11 is 0. The normalized spacial score (nSPS) is 18.2. The zero-order valence-corrected chi connectivity index (χ0v) is 15.2. The second kappa shape index (κ2) is 9.47. The molecule has 1 saturated heterocycles. The van der Waals surface area contributed by atoms with Crippen molar-refractivity contribution in [2.24, 2.45) is 5.92 Å². The van der Waals surface area contributed by atoms with E-state index in [4.69, 9.17) is 0 Å². The molecule has 1 aromatic rings. The summed E-state index contributed by atoms with van der Waals surface area (Å²) in [6, 6.07) is 3.58. The fraction of sp³-hybridized carbons (Fsp3) is 0.667. The first kappa shape index (κ1) is 18.5. The molecule has 2 heterocycles. The molecule has 2 amide bonds. The van der Waals surface area contributed by atoms with Gasteiger partial charge in [-0.05, 0) is 56.8 Å². The van der Waals surface area contributed by atoms with Gasteiger partial charge < -0.3 is 20.4 Å². The highest BCUT2D eigenvalue weighted by molar-refractivity contribution is 5.89. The molecule has 0 radical (unpaired) electrons. The van der Waals surface area contributed by atoms with Crippen molar-refractivity contribution in [2.75, 3.05) is 50.5 Å². The predicted molar refractivity (Wildman–Crippen MR) is 99.7 cm³/mol. The number of nitrogens with zero attached hydrogens (tertiary/aromatic N) is 3. The third-order valence-corrected chi connectivity index (χ3v) is 4.39. The second-order valence-electron chi connectivity index (χ2n) is 6.94. The van der Waals surface area contributed by atoms with Crippen LogP contribution in [0.2, 0.25) is 0 Å². The Morgan fingerprint density at radius 3 is 2.88 bits per heavy atom. The number of amides is 2. The number of hydrogen-bond donors (Lipinski definition) is 2. The van der Waals surface area contributed by atoms with Gasteiger partial charge in [-0.2, -0.15) is 0 Å². The van der Waals surface area contributed by atoms with Crippen molar-refractivity contribution in [3.8, 4) is 0 Å². The van der Waals surface area contributed by atoms with Crippen LogP contribution in [0.3, 0.4) is 0 Å². The van der Waals surface area contributed by atoms with Crippen LogP contribution in [-0.4, -0.2) is 56.2 Å². The lowest BCUT2D eigenvalue weighted by atomic mass is 10.0. The maximum absolute atomic E-state index is 11.9. The number of unbranched alkanes of at least 4 members (excludes halogenated alkanes) is 1. The molecule has 0 aromatic carbocycles. The Balaban J connectivity index is 1.58. The lowest BCUT2D eigenvalue weighted by Gasteiger charge is -2.30. The highest BCUT2D eigenvalue weighted by Crippen LogP contribution is 2.15. The maximum Gasteiger partial charge on any atom is 0.319 e. The summed E-state index contributed by atoms with van der Waals surface area (Å²) in [6.07, 6.45) is 6.50. The Labute approximate surface area is 145 Å². The Morgan fingerprint density at radius 1 is 1.38 bits per heavy atom. The molecule has 0 spiro atoms. The van der Waals surface area contributed by atoms with E-state index in [9.17, 15) is 4.79 Å². The minimum Gasteiger partial charge on any atom is -0.363 e. The number of piperidine rings is 1. The molecule has 0 aliphatic carbocycles. The van der Waals surface area contributed by atoms with Gasteiger partial charge in [0, 0.05) is 27.2 Å². The van der Waals surface area contributed by atoms with Gasteiger partial charge in [-0.15, -0.1) is 0 Å². The van der Waals surface area contributed by atoms with Crippen LogP contribution in [0.4, 0.5) is 16.3 Å². The molecule has 6 nitrogen and oxygen atoms in total. The van der Waals surface area contributed by atoms with Crippen LogP contribution >= 0.6 is 0 Å². The van der Waals surface area contributed by atoms with E-state index < -0.39 is 0 Å². The summed E-state index contributed by atoms with van der Waals surface area (Å²) in [5.41, 5.74) is 0.709. The molecule has 1 aliphatic heterocycles. The Bertz CT molecular complexity index is 503. The molecule has 2 N–H and O–H groups in total. The van der Waals surface area contributed by atoms with Crippen LogP contribution < -0.4 is 15.5 Å². The number of nitrogens with one attached hydrogen (secondary N) is 2. The van der Waals surface area contributed by atoms with E-state index in [0.717, 1.165) is 31.1 Å². The number of pyridine rings is 1. The molecular weight excluding hydrogens is 302 g/mol. The summed E-state index contributed by atoms with van der Waals surface area (Å²) in [5.74, 6) is 1.70. The molecular formula is C18H31N5O. The summed E-state index contributed by atoms with van der Waals surface area (Å²) in [5, 5.41) is 5.72. The van der Waals surface area contributed by atoms with Crippen LogP contribution in [-0.2, 0) is 0 Å². The summed E-state index contributed by atoms with van der Waals surface area (Å²) in [6.45, 7) is 6.64. The third kappa shape index (κ3) is 6.35. The number of hydrogen-bond acceptors (Lipinski definition) is 4. The minimum atomic E-state index is -0.166. The fourth-order valence-electron chi connectivity index (χ4n) is 3.05. The van der Waals surface area contributed by atoms with Crippen molar-refractivity contribution in [1.82, 2.24) is 15.2 Å². The number of anilines is 2. The van der Waals surface area contributed by atoms with Gasteiger partial charge in [-0.25, -0.2) is 9.78 Å². The van der Waals surface area contributed by atoms with Crippen molar-refractivity contribution in [1.29, 1.82) is 0 Å². The second-order valence-corrected chi connectivity index (χ2v) is 6.94. The minimum absolute atomic E-state index is 0.166. The van der Waals surface area contributed by atoms with Crippen LogP contribution in [0.15, 0.2) is 18.3 Å². The highest BCUT2D eigenvalue weighted by Gasteiger charge is 2.15. The van der Waals surface area contributed by atoms with Crippen LogP contribution in [0, 0.1) is 5.92 Å². The first-order valence-corrected chi connectivity index (χ1v) is 8.95. The smallest absolute Gasteiger partial charge is 0.319 e. The third-order valence-electron chi connectivity index (χ3n) is 4.39. The van der Waals surface area contributed by atoms with Gasteiger partial charge in [0.2, 0.25) is 0 Å². The fourth-order valence-corrected chi connectivity index (χ4v) is 3.05. The predicted octanol–water partition coefficient (Wildman–Crippen LogP) is 2.78. The average molecular weight is 333 g/mol. The largest absolute Gasteiger partial charge is 0.363 e. The SMILES string of the molecule is C[C@H]1CCCN(CCCCNC(=O)Nc2ccc(N(C)C)nc2)C1. The molecule has 1 aliphatic rings. The van der Waals surface area contributed by atoms with Gasteiger partial charge in [0.1, 0.15) is 5.82 Å². The highest BCUT2D eigenvalue weighted by atomic mass is 16.2. The summed E-state index contributed by atoms with van der Waals surface area (Å²) in [7, 11) is 3.87. The standard InChI is InChI=1S/C18H31N5O/c1-15-7-6-12-23(14-15)11-5-4-10-19-18(24)21-16-8-9-17(20-13-16)22(2)3/h8-9,13,15H,4-7,10-12,14H2,1-3H3,(H2,19,21,24)/t15-/m0/s1. The van der Waals surface area contributed by atoms with Crippen molar-refractivity contribution < 1.29 is 4.79 Å². The van der Waals surface area contributed by atoms with Crippen molar-refractivity contribution in [3.05, 3.63) is 18.3 Å². The van der Waals surface area contributed by atoms with Gasteiger partial charge >= 0.3 is 6.03 Å². The zero-order chi connectivity index (χ0) is 17.4. The molecule has 1 atom stereocenters. The van der Waals surface area contributed by atoms with Crippen LogP contribution in [0.1, 0.15) is 32.6 Å². The van der Waals surface area contributed by atoms with E-state index >= 15 is 0 Å². The Kier molecular flexibility index (Phi) is 7.31. The quantitative estimate of drug-likeness (QED) is 0.753. The first-order valence-electron chi connectivity index (χ1n) is 8.95. The van der Waals surface area contributed by atoms with Crippen molar-refractivity contribution >= 4 is 17.5 Å².